The van der Waals surface area contributed by atoms with Crippen molar-refractivity contribution in [3.8, 4) is 0 Å². The monoisotopic (exact) mass is 400 g/mol. The van der Waals surface area contributed by atoms with E-state index in [1.54, 1.807) is 4.90 Å². The molecule has 2 aromatic carbocycles. The molecule has 1 heterocycles. The van der Waals surface area contributed by atoms with Gasteiger partial charge in [0.05, 0.1) is 5.92 Å². The Labute approximate surface area is 156 Å². The van der Waals surface area contributed by atoms with Gasteiger partial charge in [-0.1, -0.05) is 57.9 Å². The van der Waals surface area contributed by atoms with Crippen molar-refractivity contribution < 1.29 is 9.59 Å². The molecule has 25 heavy (non-hydrogen) atoms. The van der Waals surface area contributed by atoms with Crippen molar-refractivity contribution in [3.05, 3.63) is 69.7 Å². The van der Waals surface area contributed by atoms with Gasteiger partial charge in [0.1, 0.15) is 0 Å². The van der Waals surface area contributed by atoms with Gasteiger partial charge in [-0.2, -0.15) is 0 Å². The number of carbonyl (C=O) groups is 2. The molecule has 1 unspecified atom stereocenters. The molecule has 0 radical (unpaired) electrons. The van der Waals surface area contributed by atoms with Crippen LogP contribution in [0.25, 0.3) is 0 Å². The van der Waals surface area contributed by atoms with Crippen LogP contribution >= 0.6 is 15.9 Å². The molecule has 1 aliphatic heterocycles. The molecule has 1 saturated heterocycles. The van der Waals surface area contributed by atoms with E-state index < -0.39 is 0 Å². The molecule has 0 bridgehead atoms. The summed E-state index contributed by atoms with van der Waals surface area (Å²) in [6.45, 7) is 3.56. The summed E-state index contributed by atoms with van der Waals surface area (Å²) in [5.74, 6) is -0.284. The number of hydrogen-bond acceptors (Lipinski definition) is 2. The Morgan fingerprint density at radius 3 is 2.68 bits per heavy atom. The Bertz CT molecular complexity index is 774. The van der Waals surface area contributed by atoms with Crippen LogP contribution in [0.15, 0.2) is 53.0 Å². The summed E-state index contributed by atoms with van der Waals surface area (Å²) in [5, 5.41) is 2.94. The Morgan fingerprint density at radius 1 is 1.20 bits per heavy atom. The predicted octanol–water partition coefficient (Wildman–Crippen LogP) is 3.42. The number of carbonyl (C=O) groups excluding carboxylic acids is 2. The Hall–Kier alpha value is -2.14. The number of likely N-dealkylation sites (tertiary alicyclic amines) is 1. The molecule has 2 amide bonds. The van der Waals surface area contributed by atoms with Gasteiger partial charge in [0.2, 0.25) is 11.8 Å². The minimum atomic E-state index is -0.273. The van der Waals surface area contributed by atoms with Gasteiger partial charge in [0, 0.05) is 30.5 Å². The first-order chi connectivity index (χ1) is 12.0. The van der Waals surface area contributed by atoms with Crippen LogP contribution in [0.3, 0.4) is 0 Å². The van der Waals surface area contributed by atoms with Crippen molar-refractivity contribution in [1.29, 1.82) is 0 Å². The molecular weight excluding hydrogens is 380 g/mol. The molecule has 1 atom stereocenters. The van der Waals surface area contributed by atoms with Gasteiger partial charge < -0.3 is 10.2 Å². The molecule has 0 aliphatic carbocycles. The lowest BCUT2D eigenvalue weighted by atomic mass is 10.1. The van der Waals surface area contributed by atoms with E-state index in [9.17, 15) is 9.59 Å². The maximum absolute atomic E-state index is 12.4. The van der Waals surface area contributed by atoms with Gasteiger partial charge in [-0.15, -0.1) is 0 Å². The first-order valence-electron chi connectivity index (χ1n) is 8.37. The minimum Gasteiger partial charge on any atom is -0.352 e. The van der Waals surface area contributed by atoms with Gasteiger partial charge in [0.15, 0.2) is 0 Å². The second-order valence-corrected chi connectivity index (χ2v) is 7.42. The summed E-state index contributed by atoms with van der Waals surface area (Å²) < 4.78 is 0.986. The first-order valence-corrected chi connectivity index (χ1v) is 9.16. The highest BCUT2D eigenvalue weighted by Gasteiger charge is 2.34. The van der Waals surface area contributed by atoms with Gasteiger partial charge in [-0.3, -0.25) is 9.59 Å². The third-order valence-corrected chi connectivity index (χ3v) is 4.93. The summed E-state index contributed by atoms with van der Waals surface area (Å²) >= 11 is 3.42. The van der Waals surface area contributed by atoms with Gasteiger partial charge in [-0.05, 0) is 30.2 Å². The molecule has 0 aromatic heterocycles. The Kier molecular flexibility index (Phi) is 5.53. The van der Waals surface area contributed by atoms with Crippen molar-refractivity contribution in [2.24, 2.45) is 5.92 Å². The Morgan fingerprint density at radius 2 is 1.96 bits per heavy atom. The average molecular weight is 401 g/mol. The second kappa shape index (κ2) is 7.83. The number of aryl methyl sites for hydroxylation is 1. The van der Waals surface area contributed by atoms with Crippen LogP contribution in [0.5, 0.6) is 0 Å². The quantitative estimate of drug-likeness (QED) is 0.835. The van der Waals surface area contributed by atoms with Gasteiger partial charge >= 0.3 is 0 Å². The van der Waals surface area contributed by atoms with E-state index in [1.165, 1.54) is 5.56 Å². The van der Waals surface area contributed by atoms with Crippen LogP contribution in [-0.4, -0.2) is 23.3 Å². The maximum Gasteiger partial charge on any atom is 0.225 e. The third-order valence-electron chi connectivity index (χ3n) is 4.44. The van der Waals surface area contributed by atoms with Crippen molar-refractivity contribution >= 4 is 27.7 Å². The lowest BCUT2D eigenvalue weighted by Gasteiger charge is -2.17. The zero-order valence-electron chi connectivity index (χ0n) is 14.2. The van der Waals surface area contributed by atoms with Crippen LogP contribution in [-0.2, 0) is 22.7 Å². The predicted molar refractivity (Wildman–Crippen MR) is 101 cm³/mol. The maximum atomic E-state index is 12.4. The molecule has 0 spiro atoms. The number of halogens is 1. The van der Waals surface area contributed by atoms with Crippen molar-refractivity contribution in [2.75, 3.05) is 6.54 Å². The smallest absolute Gasteiger partial charge is 0.225 e. The van der Waals surface area contributed by atoms with Crippen molar-refractivity contribution in [2.45, 2.75) is 26.4 Å². The van der Waals surface area contributed by atoms with E-state index in [-0.39, 0.29) is 24.2 Å². The van der Waals surface area contributed by atoms with Crippen LogP contribution in [0, 0.1) is 12.8 Å². The molecule has 4 nitrogen and oxygen atoms in total. The molecule has 5 heteroatoms. The topological polar surface area (TPSA) is 49.4 Å². The van der Waals surface area contributed by atoms with E-state index in [0.29, 0.717) is 19.6 Å². The highest BCUT2D eigenvalue weighted by atomic mass is 79.9. The summed E-state index contributed by atoms with van der Waals surface area (Å²) in [7, 11) is 0. The standard InChI is InChI=1S/C20H21BrN2O2/c1-14-5-7-15(8-6-14)12-23-13-17(10-19(23)24)20(25)22-11-16-3-2-4-18(21)9-16/h2-9,17H,10-13H2,1H3,(H,22,25). The van der Waals surface area contributed by atoms with E-state index in [4.69, 9.17) is 0 Å². The lowest BCUT2D eigenvalue weighted by Crippen LogP contribution is -2.32. The third kappa shape index (κ3) is 4.69. The largest absolute Gasteiger partial charge is 0.352 e. The number of benzene rings is 2. The fourth-order valence-electron chi connectivity index (χ4n) is 2.99. The number of nitrogens with one attached hydrogen (secondary N) is 1. The Balaban J connectivity index is 1.54. The molecule has 1 N–H and O–H groups in total. The SMILES string of the molecule is Cc1ccc(CN2CC(C(=O)NCc3cccc(Br)c3)CC2=O)cc1. The van der Waals surface area contributed by atoms with Crippen LogP contribution in [0.1, 0.15) is 23.1 Å². The number of nitrogens with zero attached hydrogens (tertiary/aromatic N) is 1. The number of hydrogen-bond donors (Lipinski definition) is 1. The minimum absolute atomic E-state index is 0.0446. The zero-order valence-corrected chi connectivity index (χ0v) is 15.8. The molecular formula is C20H21BrN2O2. The fourth-order valence-corrected chi connectivity index (χ4v) is 3.44. The molecule has 3 rings (SSSR count). The summed E-state index contributed by atoms with van der Waals surface area (Å²) in [5.41, 5.74) is 3.32. The lowest BCUT2D eigenvalue weighted by molar-refractivity contribution is -0.129. The van der Waals surface area contributed by atoms with Crippen molar-refractivity contribution in [1.82, 2.24) is 10.2 Å². The molecule has 2 aromatic rings. The van der Waals surface area contributed by atoms with E-state index >= 15 is 0 Å². The second-order valence-electron chi connectivity index (χ2n) is 6.51. The summed E-state index contributed by atoms with van der Waals surface area (Å²) in [6, 6.07) is 16.0. The number of rotatable bonds is 5. The summed E-state index contributed by atoms with van der Waals surface area (Å²) in [4.78, 5) is 26.4. The molecule has 1 fully saturated rings. The van der Waals surface area contributed by atoms with Crippen LogP contribution in [0.4, 0.5) is 0 Å². The number of amides is 2. The molecule has 1 aliphatic rings. The van der Waals surface area contributed by atoms with Crippen LogP contribution < -0.4 is 5.32 Å². The fraction of sp³-hybridized carbons (Fsp3) is 0.300. The summed E-state index contributed by atoms with van der Waals surface area (Å²) in [6.07, 6.45) is 0.288. The molecule has 130 valence electrons. The normalized spacial score (nSPS) is 17.0. The van der Waals surface area contributed by atoms with Crippen LogP contribution in [0.2, 0.25) is 0 Å². The average Bonchev–Trinajstić information content (AvgIpc) is 2.96. The highest BCUT2D eigenvalue weighted by molar-refractivity contribution is 9.10. The van der Waals surface area contributed by atoms with Gasteiger partial charge in [0.25, 0.3) is 0 Å². The first kappa shape index (κ1) is 17.7. The van der Waals surface area contributed by atoms with E-state index in [2.05, 4.69) is 21.2 Å². The van der Waals surface area contributed by atoms with Gasteiger partial charge in [-0.25, -0.2) is 0 Å². The van der Waals surface area contributed by atoms with E-state index in [1.807, 2.05) is 55.5 Å². The van der Waals surface area contributed by atoms with Crippen molar-refractivity contribution in [3.63, 3.8) is 0 Å². The highest BCUT2D eigenvalue weighted by Crippen LogP contribution is 2.21. The molecule has 0 saturated carbocycles. The van der Waals surface area contributed by atoms with E-state index in [0.717, 1.165) is 15.6 Å². The zero-order chi connectivity index (χ0) is 17.8.